The van der Waals surface area contributed by atoms with Crippen LogP contribution in [0.15, 0.2) is 84.6 Å². The maximum atomic E-state index is 13.2. The van der Waals surface area contributed by atoms with Crippen molar-refractivity contribution >= 4 is 35.2 Å². The van der Waals surface area contributed by atoms with Crippen molar-refractivity contribution < 1.29 is 14.3 Å². The number of benzene rings is 3. The molecule has 33 heavy (non-hydrogen) atoms. The fourth-order valence-electron chi connectivity index (χ4n) is 3.72. The first-order valence-corrected chi connectivity index (χ1v) is 11.3. The number of aryl methyl sites for hydroxylation is 1. The molecule has 1 N–H and O–H groups in total. The highest BCUT2D eigenvalue weighted by atomic mass is 35.5. The summed E-state index contributed by atoms with van der Waals surface area (Å²) >= 11 is 6.25. The van der Waals surface area contributed by atoms with E-state index in [9.17, 15) is 9.59 Å². The van der Waals surface area contributed by atoms with Gasteiger partial charge in [0.05, 0.1) is 5.69 Å². The van der Waals surface area contributed by atoms with Gasteiger partial charge >= 0.3 is 0 Å². The number of carbonyl (C=O) groups excluding carboxylic acids is 2. The maximum Gasteiger partial charge on any atom is 0.294 e. The molecule has 168 valence electrons. The summed E-state index contributed by atoms with van der Waals surface area (Å²) in [5.41, 5.74) is 2.46. The van der Waals surface area contributed by atoms with E-state index in [-0.39, 0.29) is 30.2 Å². The number of nitrogens with zero attached hydrogens (tertiary/aromatic N) is 1. The Labute approximate surface area is 198 Å². The SMILES string of the molecule is CC(CCc1ccccc1)NC(=O)CN1C(=O)/C(=C\c2ccccc2Cl)Oc2ccccc21. The van der Waals surface area contributed by atoms with Gasteiger partial charge in [0.2, 0.25) is 5.91 Å². The number of para-hydroxylation sites is 2. The van der Waals surface area contributed by atoms with E-state index in [1.807, 2.05) is 49.4 Å². The van der Waals surface area contributed by atoms with Gasteiger partial charge in [0.25, 0.3) is 5.91 Å². The van der Waals surface area contributed by atoms with Gasteiger partial charge < -0.3 is 10.1 Å². The molecule has 0 aromatic heterocycles. The molecule has 4 rings (SSSR count). The van der Waals surface area contributed by atoms with Crippen molar-refractivity contribution in [1.82, 2.24) is 5.32 Å². The second-order valence-corrected chi connectivity index (χ2v) is 8.39. The van der Waals surface area contributed by atoms with E-state index < -0.39 is 0 Å². The first-order chi connectivity index (χ1) is 16.0. The third kappa shape index (κ3) is 5.62. The van der Waals surface area contributed by atoms with Gasteiger partial charge in [0.15, 0.2) is 11.5 Å². The zero-order valence-corrected chi connectivity index (χ0v) is 19.1. The van der Waals surface area contributed by atoms with Crippen molar-refractivity contribution in [2.45, 2.75) is 25.8 Å². The van der Waals surface area contributed by atoms with Gasteiger partial charge in [0, 0.05) is 11.1 Å². The molecule has 0 spiro atoms. The van der Waals surface area contributed by atoms with Crippen LogP contribution in [0.5, 0.6) is 5.75 Å². The zero-order valence-electron chi connectivity index (χ0n) is 18.3. The Kier molecular flexibility index (Phi) is 7.10. The molecular formula is C27H25ClN2O3. The van der Waals surface area contributed by atoms with Crippen LogP contribution >= 0.6 is 11.6 Å². The standard InChI is InChI=1S/C27H25ClN2O3/c1-19(15-16-20-9-3-2-4-10-20)29-26(31)18-30-23-13-7-8-14-24(23)33-25(27(30)32)17-21-11-5-6-12-22(21)28/h2-14,17,19H,15-16,18H2,1H3,(H,29,31)/b25-17+. The molecule has 0 radical (unpaired) electrons. The first-order valence-electron chi connectivity index (χ1n) is 10.9. The molecule has 1 aliphatic heterocycles. The van der Waals surface area contributed by atoms with Crippen LogP contribution in [-0.4, -0.2) is 24.4 Å². The number of anilines is 1. The molecule has 0 bridgehead atoms. The zero-order chi connectivity index (χ0) is 23.2. The summed E-state index contributed by atoms with van der Waals surface area (Å²) in [7, 11) is 0. The predicted octanol–water partition coefficient (Wildman–Crippen LogP) is 5.24. The van der Waals surface area contributed by atoms with Gasteiger partial charge in [-0.15, -0.1) is 0 Å². The molecule has 1 unspecified atom stereocenters. The summed E-state index contributed by atoms with van der Waals surface area (Å²) in [5.74, 6) is 0.0190. The minimum Gasteiger partial charge on any atom is -0.449 e. The fourth-order valence-corrected chi connectivity index (χ4v) is 3.91. The molecule has 6 heteroatoms. The lowest BCUT2D eigenvalue weighted by molar-refractivity contribution is -0.123. The van der Waals surface area contributed by atoms with Gasteiger partial charge in [-0.2, -0.15) is 0 Å². The molecule has 0 saturated carbocycles. The first kappa shape index (κ1) is 22.6. The third-order valence-electron chi connectivity index (χ3n) is 5.44. The van der Waals surface area contributed by atoms with Crippen LogP contribution in [0.1, 0.15) is 24.5 Å². The Morgan fingerprint density at radius 2 is 1.73 bits per heavy atom. The molecule has 0 aliphatic carbocycles. The second kappa shape index (κ2) is 10.4. The number of amides is 2. The Morgan fingerprint density at radius 1 is 1.03 bits per heavy atom. The summed E-state index contributed by atoms with van der Waals surface area (Å²) in [4.78, 5) is 27.5. The molecule has 1 heterocycles. The molecule has 3 aromatic rings. The van der Waals surface area contributed by atoms with Crippen molar-refractivity contribution in [3.8, 4) is 5.75 Å². The predicted molar refractivity (Wildman–Crippen MR) is 131 cm³/mol. The molecule has 2 amide bonds. The smallest absolute Gasteiger partial charge is 0.294 e. The van der Waals surface area contributed by atoms with Crippen molar-refractivity contribution in [2.75, 3.05) is 11.4 Å². The second-order valence-electron chi connectivity index (χ2n) is 7.98. The van der Waals surface area contributed by atoms with E-state index in [0.29, 0.717) is 22.0 Å². The number of hydrogen-bond donors (Lipinski definition) is 1. The summed E-state index contributed by atoms with van der Waals surface area (Å²) in [6.45, 7) is 1.87. The minimum atomic E-state index is -0.388. The fraction of sp³-hybridized carbons (Fsp3) is 0.185. The van der Waals surface area contributed by atoms with E-state index in [1.165, 1.54) is 10.5 Å². The number of rotatable bonds is 7. The van der Waals surface area contributed by atoms with Gasteiger partial charge in [-0.3, -0.25) is 14.5 Å². The van der Waals surface area contributed by atoms with Gasteiger partial charge in [-0.25, -0.2) is 0 Å². The van der Waals surface area contributed by atoms with Crippen molar-refractivity contribution in [3.63, 3.8) is 0 Å². The summed E-state index contributed by atoms with van der Waals surface area (Å²) < 4.78 is 5.86. The van der Waals surface area contributed by atoms with E-state index in [2.05, 4.69) is 17.4 Å². The highest BCUT2D eigenvalue weighted by molar-refractivity contribution is 6.32. The third-order valence-corrected chi connectivity index (χ3v) is 5.79. The van der Waals surface area contributed by atoms with E-state index in [1.54, 1.807) is 30.3 Å². The molecular weight excluding hydrogens is 436 g/mol. The Balaban J connectivity index is 1.48. The molecule has 1 aliphatic rings. The van der Waals surface area contributed by atoms with E-state index in [4.69, 9.17) is 16.3 Å². The summed E-state index contributed by atoms with van der Waals surface area (Å²) in [6.07, 6.45) is 3.28. The maximum absolute atomic E-state index is 13.2. The van der Waals surface area contributed by atoms with Crippen LogP contribution in [0, 0.1) is 0 Å². The topological polar surface area (TPSA) is 58.6 Å². The number of carbonyl (C=O) groups is 2. The van der Waals surface area contributed by atoms with Crippen LogP contribution in [0.25, 0.3) is 6.08 Å². The van der Waals surface area contributed by atoms with Crippen molar-refractivity contribution in [2.24, 2.45) is 0 Å². The summed E-state index contributed by atoms with van der Waals surface area (Å²) in [5, 5.41) is 3.52. The number of fused-ring (bicyclic) bond motifs is 1. The van der Waals surface area contributed by atoms with Crippen LogP contribution in [0.3, 0.4) is 0 Å². The highest BCUT2D eigenvalue weighted by Gasteiger charge is 2.31. The molecule has 0 saturated heterocycles. The average molecular weight is 461 g/mol. The van der Waals surface area contributed by atoms with Gasteiger partial charge in [-0.1, -0.05) is 72.3 Å². The summed E-state index contributed by atoms with van der Waals surface area (Å²) in [6, 6.07) is 24.5. The van der Waals surface area contributed by atoms with Gasteiger partial charge in [0.1, 0.15) is 6.54 Å². The van der Waals surface area contributed by atoms with Crippen LogP contribution < -0.4 is 15.0 Å². The number of halogens is 1. The molecule has 3 aromatic carbocycles. The lowest BCUT2D eigenvalue weighted by Crippen LogP contribution is -2.46. The number of nitrogens with one attached hydrogen (secondary N) is 1. The monoisotopic (exact) mass is 460 g/mol. The Hall–Kier alpha value is -3.57. The normalized spacial score (nSPS) is 15.0. The quantitative estimate of drug-likeness (QED) is 0.490. The Bertz CT molecular complexity index is 1180. The van der Waals surface area contributed by atoms with E-state index in [0.717, 1.165) is 12.8 Å². The lowest BCUT2D eigenvalue weighted by Gasteiger charge is -2.30. The van der Waals surface area contributed by atoms with Gasteiger partial charge in [-0.05, 0) is 55.2 Å². The number of ether oxygens (including phenoxy) is 1. The molecule has 5 nitrogen and oxygen atoms in total. The van der Waals surface area contributed by atoms with Crippen LogP contribution in [-0.2, 0) is 16.0 Å². The highest BCUT2D eigenvalue weighted by Crippen LogP contribution is 2.35. The van der Waals surface area contributed by atoms with Crippen LogP contribution in [0.2, 0.25) is 5.02 Å². The number of hydrogen-bond acceptors (Lipinski definition) is 3. The largest absolute Gasteiger partial charge is 0.449 e. The molecule has 1 atom stereocenters. The Morgan fingerprint density at radius 3 is 2.52 bits per heavy atom. The lowest BCUT2D eigenvalue weighted by atomic mass is 10.1. The van der Waals surface area contributed by atoms with Crippen LogP contribution in [0.4, 0.5) is 5.69 Å². The molecule has 0 fully saturated rings. The van der Waals surface area contributed by atoms with E-state index >= 15 is 0 Å². The minimum absolute atomic E-state index is 0.0257. The van der Waals surface area contributed by atoms with Crippen molar-refractivity contribution in [1.29, 1.82) is 0 Å². The average Bonchev–Trinajstić information content (AvgIpc) is 2.82. The van der Waals surface area contributed by atoms with Crippen molar-refractivity contribution in [3.05, 3.63) is 101 Å².